The van der Waals surface area contributed by atoms with Crippen LogP contribution in [-0.4, -0.2) is 21.4 Å². The van der Waals surface area contributed by atoms with Crippen LogP contribution in [0.1, 0.15) is 10.4 Å². The molecule has 0 aliphatic carbocycles. The topological polar surface area (TPSA) is 111 Å². The third-order valence-corrected chi connectivity index (χ3v) is 5.03. The number of carbonyl (C=O) groups excluding carboxylic acids is 1. The van der Waals surface area contributed by atoms with Gasteiger partial charge in [-0.2, -0.15) is 0 Å². The average molecular weight is 465 g/mol. The van der Waals surface area contributed by atoms with Crippen LogP contribution in [0.25, 0.3) is 0 Å². The van der Waals surface area contributed by atoms with Crippen LogP contribution in [0.3, 0.4) is 0 Å². The Morgan fingerprint density at radius 3 is 2.31 bits per heavy atom. The minimum Gasteiger partial charge on any atom is -0.406 e. The minimum atomic E-state index is -4.85. The predicted molar refractivity (Wildman–Crippen MR) is 111 cm³/mol. The van der Waals surface area contributed by atoms with E-state index in [2.05, 4.69) is 14.8 Å². The fraction of sp³-hybridized carbons (Fsp3) is 0.0500. The molecule has 0 saturated heterocycles. The number of nitro groups is 1. The maximum absolute atomic E-state index is 12.4. The molecular formula is C20H14F3N3O5S. The highest BCUT2D eigenvalue weighted by Gasteiger charge is 2.31. The van der Waals surface area contributed by atoms with E-state index < -0.39 is 33.9 Å². The number of amides is 1. The number of anilines is 2. The smallest absolute Gasteiger partial charge is 0.406 e. The van der Waals surface area contributed by atoms with Crippen LogP contribution in [0.4, 0.5) is 30.2 Å². The third-order valence-electron chi connectivity index (χ3n) is 3.93. The molecule has 0 bridgehead atoms. The molecule has 0 spiro atoms. The summed E-state index contributed by atoms with van der Waals surface area (Å²) in [5.41, 5.74) is 0.478. The van der Waals surface area contributed by atoms with E-state index in [1.165, 1.54) is 60.7 Å². The lowest BCUT2D eigenvalue weighted by Crippen LogP contribution is -2.17. The molecule has 0 fully saturated rings. The molecule has 1 atom stereocenters. The van der Waals surface area contributed by atoms with Crippen LogP contribution < -0.4 is 14.8 Å². The van der Waals surface area contributed by atoms with Gasteiger partial charge in [0.05, 0.1) is 9.82 Å². The van der Waals surface area contributed by atoms with Crippen molar-refractivity contribution in [3.8, 4) is 5.75 Å². The van der Waals surface area contributed by atoms with Crippen LogP contribution in [0.5, 0.6) is 5.75 Å². The number of halogens is 3. The van der Waals surface area contributed by atoms with Crippen molar-refractivity contribution >= 4 is 34.0 Å². The van der Waals surface area contributed by atoms with Gasteiger partial charge in [-0.1, -0.05) is 12.1 Å². The number of nitrogens with one attached hydrogen (secondary N) is 2. The maximum atomic E-state index is 12.4. The zero-order chi connectivity index (χ0) is 23.3. The van der Waals surface area contributed by atoms with Crippen LogP contribution >= 0.6 is 0 Å². The van der Waals surface area contributed by atoms with Crippen molar-refractivity contribution in [1.29, 1.82) is 0 Å². The fourth-order valence-corrected chi connectivity index (χ4v) is 3.44. The van der Waals surface area contributed by atoms with Crippen molar-refractivity contribution in [1.82, 2.24) is 0 Å². The van der Waals surface area contributed by atoms with E-state index in [0.717, 1.165) is 12.1 Å². The molecule has 0 radical (unpaired) electrons. The van der Waals surface area contributed by atoms with Gasteiger partial charge in [0.2, 0.25) is 0 Å². The summed E-state index contributed by atoms with van der Waals surface area (Å²) < 4.78 is 55.8. The van der Waals surface area contributed by atoms with Crippen molar-refractivity contribution in [2.75, 3.05) is 10.0 Å². The van der Waals surface area contributed by atoms with Crippen molar-refractivity contribution in [2.24, 2.45) is 0 Å². The molecule has 166 valence electrons. The summed E-state index contributed by atoms with van der Waals surface area (Å²) in [4.78, 5) is 22.8. The number of nitro benzene ring substituents is 1. The summed E-state index contributed by atoms with van der Waals surface area (Å²) in [6, 6.07) is 15.9. The fourth-order valence-electron chi connectivity index (χ4n) is 2.54. The second-order valence-electron chi connectivity index (χ2n) is 6.23. The first-order chi connectivity index (χ1) is 15.1. The Morgan fingerprint density at radius 1 is 0.969 bits per heavy atom. The van der Waals surface area contributed by atoms with Crippen LogP contribution in [0.15, 0.2) is 77.7 Å². The molecule has 3 rings (SSSR count). The minimum absolute atomic E-state index is 0.103. The Hall–Kier alpha value is -3.93. The van der Waals surface area contributed by atoms with E-state index >= 15 is 0 Å². The summed E-state index contributed by atoms with van der Waals surface area (Å²) >= 11 is 0. The van der Waals surface area contributed by atoms with E-state index in [1.54, 1.807) is 0 Å². The van der Waals surface area contributed by atoms with E-state index in [-0.39, 0.29) is 21.8 Å². The normalized spacial score (nSPS) is 12.0. The van der Waals surface area contributed by atoms with E-state index in [0.29, 0.717) is 5.69 Å². The Labute approximate surface area is 181 Å². The number of ether oxygens (including phenoxy) is 1. The molecule has 32 heavy (non-hydrogen) atoms. The molecule has 0 saturated carbocycles. The lowest BCUT2D eigenvalue weighted by atomic mass is 10.2. The predicted octanol–water partition coefficient (Wildman–Crippen LogP) is 4.88. The quantitative estimate of drug-likeness (QED) is 0.382. The number of rotatable bonds is 7. The third kappa shape index (κ3) is 6.28. The van der Waals surface area contributed by atoms with E-state index in [9.17, 15) is 32.3 Å². The van der Waals surface area contributed by atoms with Gasteiger partial charge in [-0.3, -0.25) is 14.9 Å². The zero-order valence-electron chi connectivity index (χ0n) is 16.0. The molecule has 0 aliphatic heterocycles. The Balaban J connectivity index is 1.65. The highest BCUT2D eigenvalue weighted by atomic mass is 32.2. The van der Waals surface area contributed by atoms with Crippen molar-refractivity contribution in [3.63, 3.8) is 0 Å². The van der Waals surface area contributed by atoms with Crippen LogP contribution in [-0.2, 0) is 11.0 Å². The SMILES string of the molecule is O=C(Nc1cccc(OC(F)(F)F)c1)c1ccc(NS(=O)c2cccc([N+](=O)[O-])c2)cc1. The van der Waals surface area contributed by atoms with Gasteiger partial charge in [0.25, 0.3) is 11.6 Å². The van der Waals surface area contributed by atoms with E-state index in [1.807, 2.05) is 0 Å². The number of benzene rings is 3. The van der Waals surface area contributed by atoms with Crippen molar-refractivity contribution in [3.05, 3.63) is 88.5 Å². The summed E-state index contributed by atoms with van der Waals surface area (Å²) in [5.74, 6) is -1.06. The lowest BCUT2D eigenvalue weighted by molar-refractivity contribution is -0.385. The molecule has 0 aliphatic rings. The first-order valence-electron chi connectivity index (χ1n) is 8.81. The first-order valence-corrected chi connectivity index (χ1v) is 9.96. The second kappa shape index (κ2) is 9.47. The van der Waals surface area contributed by atoms with Gasteiger partial charge >= 0.3 is 6.36 Å². The highest BCUT2D eigenvalue weighted by molar-refractivity contribution is 7.86. The summed E-state index contributed by atoms with van der Waals surface area (Å²) in [5, 5.41) is 13.3. The molecule has 0 heterocycles. The van der Waals surface area contributed by atoms with Gasteiger partial charge in [-0.05, 0) is 42.5 Å². The van der Waals surface area contributed by atoms with Crippen LogP contribution in [0, 0.1) is 10.1 Å². The lowest BCUT2D eigenvalue weighted by Gasteiger charge is -2.11. The van der Waals surface area contributed by atoms with Crippen molar-refractivity contribution in [2.45, 2.75) is 11.3 Å². The van der Waals surface area contributed by atoms with Gasteiger partial charge in [-0.25, -0.2) is 4.21 Å². The monoisotopic (exact) mass is 465 g/mol. The van der Waals surface area contributed by atoms with Gasteiger partial charge in [0.15, 0.2) is 11.0 Å². The zero-order valence-corrected chi connectivity index (χ0v) is 16.8. The molecule has 1 unspecified atom stereocenters. The summed E-state index contributed by atoms with van der Waals surface area (Å²) in [6.07, 6.45) is -4.85. The first kappa shape index (κ1) is 22.7. The van der Waals surface area contributed by atoms with Gasteiger partial charge in [0.1, 0.15) is 5.75 Å². The molecule has 3 aromatic rings. The van der Waals surface area contributed by atoms with Crippen LogP contribution in [0.2, 0.25) is 0 Å². The largest absolute Gasteiger partial charge is 0.573 e. The number of non-ortho nitro benzene ring substituents is 1. The number of hydrogen-bond donors (Lipinski definition) is 2. The maximum Gasteiger partial charge on any atom is 0.573 e. The number of hydrogen-bond acceptors (Lipinski definition) is 5. The van der Waals surface area contributed by atoms with Gasteiger partial charge < -0.3 is 14.8 Å². The molecular weight excluding hydrogens is 451 g/mol. The number of nitrogens with zero attached hydrogens (tertiary/aromatic N) is 1. The summed E-state index contributed by atoms with van der Waals surface area (Å²) in [7, 11) is -1.78. The molecule has 2 N–H and O–H groups in total. The molecule has 3 aromatic carbocycles. The Bertz CT molecular complexity index is 1170. The molecule has 8 nitrogen and oxygen atoms in total. The average Bonchev–Trinajstić information content (AvgIpc) is 2.73. The Morgan fingerprint density at radius 2 is 1.66 bits per heavy atom. The second-order valence-corrected chi connectivity index (χ2v) is 7.45. The standard InChI is InChI=1S/C20H14F3N3O5S/c21-20(22,23)31-17-5-1-3-15(11-17)24-19(27)13-7-9-14(10-8-13)25-32(30)18-6-2-4-16(12-18)26(28)29/h1-12,25H,(H,24,27). The molecule has 0 aromatic heterocycles. The van der Waals surface area contributed by atoms with Crippen molar-refractivity contribution < 1.29 is 31.8 Å². The summed E-state index contributed by atoms with van der Waals surface area (Å²) in [6.45, 7) is 0. The molecule has 12 heteroatoms. The Kier molecular flexibility index (Phi) is 6.73. The molecule has 1 amide bonds. The van der Waals surface area contributed by atoms with Gasteiger partial charge in [-0.15, -0.1) is 13.2 Å². The van der Waals surface area contributed by atoms with Gasteiger partial charge in [0, 0.05) is 35.1 Å². The number of carbonyl (C=O) groups is 1. The number of alkyl halides is 3. The van der Waals surface area contributed by atoms with E-state index in [4.69, 9.17) is 0 Å². The highest BCUT2D eigenvalue weighted by Crippen LogP contribution is 2.25.